The Hall–Kier alpha value is -3.57. The van der Waals surface area contributed by atoms with Crippen molar-refractivity contribution in [1.82, 2.24) is 14.5 Å². The zero-order valence-corrected chi connectivity index (χ0v) is 24.6. The Kier molecular flexibility index (Phi) is 8.18. The number of likely N-dealkylation sites (tertiary alicyclic amines) is 1. The molecule has 0 aromatic heterocycles. The first-order valence-electron chi connectivity index (χ1n) is 13.0. The van der Waals surface area contributed by atoms with Crippen LogP contribution in [0, 0.1) is 0 Å². The third kappa shape index (κ3) is 6.59. The molecule has 4 rings (SSSR count). The van der Waals surface area contributed by atoms with E-state index in [0.29, 0.717) is 12.4 Å². The number of sulfonamides is 1. The molecule has 0 spiro atoms. The van der Waals surface area contributed by atoms with Crippen molar-refractivity contribution in [2.45, 2.75) is 56.2 Å². The first kappa shape index (κ1) is 29.4. The number of hydrogen-bond donors (Lipinski definition) is 1. The molecule has 1 aromatic rings. The fraction of sp³-hybridized carbons (Fsp3) is 0.448. The molecule has 0 bridgehead atoms. The minimum absolute atomic E-state index is 0.0114. The van der Waals surface area contributed by atoms with Crippen molar-refractivity contribution in [2.75, 3.05) is 33.9 Å². The maximum absolute atomic E-state index is 13.3. The maximum Gasteiger partial charge on any atom is 0.410 e. The number of allylic oxidation sites excluding steroid dienone is 3. The third-order valence-electron chi connectivity index (χ3n) is 6.95. The molecule has 2 aliphatic heterocycles. The summed E-state index contributed by atoms with van der Waals surface area (Å²) in [6.07, 6.45) is 9.54. The second-order valence-electron chi connectivity index (χ2n) is 11.3. The Bertz CT molecular complexity index is 1380. The Balaban J connectivity index is 1.44. The van der Waals surface area contributed by atoms with E-state index in [-0.39, 0.29) is 30.4 Å². The Morgan fingerprint density at radius 3 is 2.42 bits per heavy atom. The van der Waals surface area contributed by atoms with E-state index < -0.39 is 33.2 Å². The van der Waals surface area contributed by atoms with Gasteiger partial charge in [-0.3, -0.25) is 4.79 Å². The molecule has 1 N–H and O–H groups in total. The number of rotatable bonds is 8. The highest BCUT2D eigenvalue weighted by Gasteiger charge is 2.50. The topological polar surface area (TPSA) is 114 Å². The quantitative estimate of drug-likeness (QED) is 0.472. The van der Waals surface area contributed by atoms with E-state index in [9.17, 15) is 18.0 Å². The van der Waals surface area contributed by atoms with Crippen LogP contribution < -0.4 is 9.46 Å². The number of carbonyl (C=O) groups excluding carboxylic acids is 2. The number of nitrogens with one attached hydrogen (secondary N) is 1. The van der Waals surface area contributed by atoms with Crippen LogP contribution in [0.5, 0.6) is 5.75 Å². The minimum Gasteiger partial charge on any atom is -0.489 e. The van der Waals surface area contributed by atoms with Crippen molar-refractivity contribution in [3.8, 4) is 5.75 Å². The molecular formula is C29H37N3O7S. The molecule has 40 heavy (non-hydrogen) atoms. The molecule has 1 amide bonds. The van der Waals surface area contributed by atoms with Crippen LogP contribution in [0.2, 0.25) is 0 Å². The van der Waals surface area contributed by atoms with Crippen LogP contribution in [0.4, 0.5) is 4.79 Å². The molecule has 1 atom stereocenters. The van der Waals surface area contributed by atoms with Crippen molar-refractivity contribution in [2.24, 2.45) is 0 Å². The summed E-state index contributed by atoms with van der Waals surface area (Å²) in [4.78, 5) is 28.1. The molecule has 11 heteroatoms. The summed E-state index contributed by atoms with van der Waals surface area (Å²) in [5, 5.41) is 0. The number of fused-ring (bicyclic) bond motifs is 1. The van der Waals surface area contributed by atoms with Gasteiger partial charge in [-0.05, 0) is 69.2 Å². The highest BCUT2D eigenvalue weighted by Crippen LogP contribution is 2.31. The lowest BCUT2D eigenvalue weighted by molar-refractivity contribution is -0.144. The predicted molar refractivity (Wildman–Crippen MR) is 150 cm³/mol. The minimum atomic E-state index is -4.03. The van der Waals surface area contributed by atoms with E-state index in [4.69, 9.17) is 14.2 Å². The van der Waals surface area contributed by atoms with Gasteiger partial charge in [0.2, 0.25) is 10.0 Å². The van der Waals surface area contributed by atoms with Crippen LogP contribution in [0.15, 0.2) is 76.4 Å². The number of hydrogen-bond acceptors (Lipinski definition) is 8. The normalized spacial score (nSPS) is 19.9. The lowest BCUT2D eigenvalue weighted by Crippen LogP contribution is -2.72. The third-order valence-corrected chi connectivity index (χ3v) is 8.55. The van der Waals surface area contributed by atoms with Crippen LogP contribution in [-0.4, -0.2) is 81.3 Å². The molecule has 1 unspecified atom stereocenters. The molecule has 0 saturated carbocycles. The van der Waals surface area contributed by atoms with Crippen molar-refractivity contribution >= 4 is 22.1 Å². The van der Waals surface area contributed by atoms with E-state index in [1.54, 1.807) is 32.9 Å². The van der Waals surface area contributed by atoms with Crippen LogP contribution in [0.25, 0.3) is 0 Å². The van der Waals surface area contributed by atoms with E-state index in [1.165, 1.54) is 24.1 Å². The number of amides is 1. The summed E-state index contributed by atoms with van der Waals surface area (Å²) >= 11 is 0. The van der Waals surface area contributed by atoms with Gasteiger partial charge in [0, 0.05) is 25.8 Å². The number of carbonyl (C=O) groups is 2. The lowest BCUT2D eigenvalue weighted by Gasteiger charge is -2.49. The molecule has 3 aliphatic rings. The van der Waals surface area contributed by atoms with Crippen LogP contribution in [0.3, 0.4) is 0 Å². The molecule has 1 aromatic carbocycles. The summed E-state index contributed by atoms with van der Waals surface area (Å²) in [6, 6.07) is 6.25. The summed E-state index contributed by atoms with van der Waals surface area (Å²) in [5.74, 6) is -0.0673. The summed E-state index contributed by atoms with van der Waals surface area (Å²) in [5.41, 5.74) is 1.44. The molecule has 216 valence electrons. The first-order valence-corrected chi connectivity index (χ1v) is 14.5. The number of nitrogens with zero attached hydrogens (tertiary/aromatic N) is 2. The molecule has 1 saturated heterocycles. The van der Waals surface area contributed by atoms with E-state index >= 15 is 0 Å². The Morgan fingerprint density at radius 2 is 1.80 bits per heavy atom. The summed E-state index contributed by atoms with van der Waals surface area (Å²) in [6.45, 7) is 7.56. The SMILES string of the molecule is COC(=O)CC1(NS(=O)(=O)c2ccc(OCC3=C4C=CC=CC4N(C)C(C)=C3)cc2)CN(C(=O)OC(C)(C)C)C1. The van der Waals surface area contributed by atoms with E-state index in [2.05, 4.69) is 41.8 Å². The zero-order valence-electron chi connectivity index (χ0n) is 23.8. The molecule has 1 aliphatic carbocycles. The first-order chi connectivity index (χ1) is 18.7. The van der Waals surface area contributed by atoms with Gasteiger partial charge in [0.25, 0.3) is 0 Å². The maximum atomic E-state index is 13.3. The average Bonchev–Trinajstić information content (AvgIpc) is 2.87. The molecule has 0 radical (unpaired) electrons. The largest absolute Gasteiger partial charge is 0.489 e. The zero-order chi connectivity index (χ0) is 29.3. The summed E-state index contributed by atoms with van der Waals surface area (Å²) < 4.78 is 45.3. The average molecular weight is 572 g/mol. The Morgan fingerprint density at radius 1 is 1.12 bits per heavy atom. The smallest absolute Gasteiger partial charge is 0.410 e. The number of benzene rings is 1. The van der Waals surface area contributed by atoms with Gasteiger partial charge < -0.3 is 24.0 Å². The summed E-state index contributed by atoms with van der Waals surface area (Å²) in [7, 11) is -0.747. The number of methoxy groups -OCH3 is 1. The van der Waals surface area contributed by atoms with Crippen molar-refractivity contribution < 1.29 is 32.2 Å². The monoisotopic (exact) mass is 571 g/mol. The highest BCUT2D eigenvalue weighted by molar-refractivity contribution is 7.89. The fourth-order valence-electron chi connectivity index (χ4n) is 4.87. The van der Waals surface area contributed by atoms with Gasteiger partial charge in [-0.15, -0.1) is 0 Å². The van der Waals surface area contributed by atoms with E-state index in [0.717, 1.165) is 16.8 Å². The fourth-order valence-corrected chi connectivity index (χ4v) is 6.25. The van der Waals surface area contributed by atoms with Gasteiger partial charge in [0.15, 0.2) is 0 Å². The standard InChI is InChI=1S/C29H37N3O7S/c1-20-15-21(24-9-7-8-10-25(24)31(20)5)17-38-22-11-13-23(14-12-22)40(35,36)30-29(16-26(33)37-6)18-32(19-29)27(34)39-28(2,3)4/h7-15,25,30H,16-19H2,1-6H3. The van der Waals surface area contributed by atoms with Gasteiger partial charge >= 0.3 is 12.1 Å². The number of ether oxygens (including phenoxy) is 3. The van der Waals surface area contributed by atoms with Crippen molar-refractivity contribution in [1.29, 1.82) is 0 Å². The second kappa shape index (κ2) is 11.1. The number of esters is 1. The van der Waals surface area contributed by atoms with Crippen LogP contribution in [0.1, 0.15) is 34.1 Å². The van der Waals surface area contributed by atoms with Crippen LogP contribution in [-0.2, 0) is 24.3 Å². The highest BCUT2D eigenvalue weighted by atomic mass is 32.2. The van der Waals surface area contributed by atoms with Gasteiger partial charge in [-0.2, -0.15) is 0 Å². The van der Waals surface area contributed by atoms with Crippen molar-refractivity contribution in [3.63, 3.8) is 0 Å². The predicted octanol–water partition coefficient (Wildman–Crippen LogP) is 3.54. The van der Waals surface area contributed by atoms with Gasteiger partial charge in [0.05, 0.1) is 30.0 Å². The number of likely N-dealkylation sites (N-methyl/N-ethyl adjacent to an activating group) is 1. The Labute approximate surface area is 236 Å². The van der Waals surface area contributed by atoms with Crippen LogP contribution >= 0.6 is 0 Å². The molecule has 2 heterocycles. The second-order valence-corrected chi connectivity index (χ2v) is 13.0. The lowest BCUT2D eigenvalue weighted by atomic mass is 9.88. The molecular weight excluding hydrogens is 534 g/mol. The molecule has 1 fully saturated rings. The van der Waals surface area contributed by atoms with Gasteiger partial charge in [-0.1, -0.05) is 24.3 Å². The van der Waals surface area contributed by atoms with Gasteiger partial charge in [-0.25, -0.2) is 17.9 Å². The van der Waals surface area contributed by atoms with Gasteiger partial charge in [0.1, 0.15) is 18.0 Å². The van der Waals surface area contributed by atoms with E-state index in [1.807, 2.05) is 12.2 Å². The van der Waals surface area contributed by atoms with Crippen molar-refractivity contribution in [3.05, 3.63) is 71.5 Å². The molecule has 10 nitrogen and oxygen atoms in total.